The van der Waals surface area contributed by atoms with E-state index in [4.69, 9.17) is 4.74 Å². The molecule has 0 unspecified atom stereocenters. The lowest BCUT2D eigenvalue weighted by atomic mass is 10.1. The molecule has 1 N–H and O–H groups in total. The fraction of sp³-hybridized carbons (Fsp3) is 0.440. The van der Waals surface area contributed by atoms with E-state index in [1.54, 1.807) is 12.1 Å². The second-order valence-corrected chi connectivity index (χ2v) is 8.97. The number of rotatable bonds is 11. The number of carbonyl (C=O) groups excluding carboxylic acids is 2. The topological polar surface area (TPSA) is 58.6 Å². The number of hydrogen-bond acceptors (Lipinski definition) is 3. The molecule has 5 nitrogen and oxygen atoms in total. The Labute approximate surface area is 198 Å². The molecule has 0 heterocycles. The second-order valence-electron chi connectivity index (χ2n) is 8.12. The van der Waals surface area contributed by atoms with Gasteiger partial charge in [0.2, 0.25) is 5.91 Å². The quantitative estimate of drug-likeness (QED) is 0.460. The Kier molecular flexibility index (Phi) is 10.2. The van der Waals surface area contributed by atoms with Gasteiger partial charge in [0.15, 0.2) is 6.61 Å². The van der Waals surface area contributed by atoms with Crippen LogP contribution in [0.25, 0.3) is 0 Å². The Hall–Kier alpha value is -2.41. The summed E-state index contributed by atoms with van der Waals surface area (Å²) in [7, 11) is 0. The summed E-state index contributed by atoms with van der Waals surface area (Å²) in [6.07, 6.45) is 1.35. The van der Waals surface area contributed by atoms with Gasteiger partial charge in [-0.2, -0.15) is 0 Å². The van der Waals surface area contributed by atoms with Crippen molar-refractivity contribution in [1.29, 1.82) is 0 Å². The Morgan fingerprint density at radius 1 is 1.09 bits per heavy atom. The molecular formula is C25H32BrFN2O3. The minimum absolute atomic E-state index is 0.187. The van der Waals surface area contributed by atoms with E-state index in [2.05, 4.69) is 28.2 Å². The van der Waals surface area contributed by atoms with Gasteiger partial charge in [-0.25, -0.2) is 4.39 Å². The van der Waals surface area contributed by atoms with Crippen molar-refractivity contribution in [3.63, 3.8) is 0 Å². The van der Waals surface area contributed by atoms with E-state index in [-0.39, 0.29) is 30.8 Å². The molecule has 174 valence electrons. The van der Waals surface area contributed by atoms with Gasteiger partial charge in [-0.05, 0) is 70.1 Å². The minimum atomic E-state index is -0.652. The smallest absolute Gasteiger partial charge is 0.261 e. The largest absolute Gasteiger partial charge is 0.483 e. The first-order valence-corrected chi connectivity index (χ1v) is 11.8. The van der Waals surface area contributed by atoms with Gasteiger partial charge in [0, 0.05) is 13.1 Å². The summed E-state index contributed by atoms with van der Waals surface area (Å²) >= 11 is 3.49. The molecule has 0 aliphatic carbocycles. The number of nitrogens with one attached hydrogen (secondary N) is 1. The zero-order valence-electron chi connectivity index (χ0n) is 19.2. The molecule has 2 amide bonds. The van der Waals surface area contributed by atoms with Gasteiger partial charge in [-0.3, -0.25) is 9.59 Å². The summed E-state index contributed by atoms with van der Waals surface area (Å²) in [5, 5.41) is 2.92. The number of benzene rings is 2. The molecule has 0 radical (unpaired) electrons. The van der Waals surface area contributed by atoms with E-state index in [9.17, 15) is 14.0 Å². The molecule has 0 aromatic heterocycles. The molecule has 7 heteroatoms. The van der Waals surface area contributed by atoms with Crippen LogP contribution in [0.2, 0.25) is 0 Å². The summed E-state index contributed by atoms with van der Waals surface area (Å²) in [5.74, 6) is -0.00592. The van der Waals surface area contributed by atoms with Crippen LogP contribution in [0.4, 0.5) is 4.39 Å². The molecule has 32 heavy (non-hydrogen) atoms. The second kappa shape index (κ2) is 12.6. The third kappa shape index (κ3) is 7.62. The van der Waals surface area contributed by atoms with Gasteiger partial charge in [-0.15, -0.1) is 0 Å². The standard InChI is InChI=1S/C25H32BrFN2O3/c1-5-18-9-12-23(21(26)13-18)32-16-24(30)29(15-19-7-10-20(27)11-8-19)22(6-2)25(31)28-14-17(3)4/h7-13,17,22H,5-6,14-16H2,1-4H3,(H,28,31)/t22-/m0/s1. The lowest BCUT2D eigenvalue weighted by Gasteiger charge is -2.31. The average Bonchev–Trinajstić information content (AvgIpc) is 2.77. The van der Waals surface area contributed by atoms with Gasteiger partial charge < -0.3 is 15.0 Å². The van der Waals surface area contributed by atoms with Gasteiger partial charge in [0.1, 0.15) is 17.6 Å². The maximum atomic E-state index is 13.3. The molecule has 0 bridgehead atoms. The predicted molar refractivity (Wildman–Crippen MR) is 128 cm³/mol. The first-order valence-electron chi connectivity index (χ1n) is 11.0. The van der Waals surface area contributed by atoms with E-state index < -0.39 is 6.04 Å². The van der Waals surface area contributed by atoms with Crippen LogP contribution < -0.4 is 10.1 Å². The minimum Gasteiger partial charge on any atom is -0.483 e. The van der Waals surface area contributed by atoms with Crippen LogP contribution in [-0.2, 0) is 22.6 Å². The molecule has 2 rings (SSSR count). The molecule has 0 saturated carbocycles. The molecule has 0 fully saturated rings. The molecule has 0 spiro atoms. The summed E-state index contributed by atoms with van der Waals surface area (Å²) in [5.41, 5.74) is 1.89. The number of amides is 2. The van der Waals surface area contributed by atoms with E-state index in [1.807, 2.05) is 39.0 Å². The van der Waals surface area contributed by atoms with Crippen molar-refractivity contribution in [1.82, 2.24) is 10.2 Å². The highest BCUT2D eigenvalue weighted by Gasteiger charge is 2.29. The van der Waals surface area contributed by atoms with Crippen LogP contribution in [-0.4, -0.2) is 35.9 Å². The van der Waals surface area contributed by atoms with E-state index in [1.165, 1.54) is 17.0 Å². The highest BCUT2D eigenvalue weighted by atomic mass is 79.9. The monoisotopic (exact) mass is 506 g/mol. The molecule has 2 aromatic carbocycles. The van der Waals surface area contributed by atoms with Crippen molar-refractivity contribution in [3.8, 4) is 5.75 Å². The number of ether oxygens (including phenoxy) is 1. The van der Waals surface area contributed by atoms with Crippen molar-refractivity contribution >= 4 is 27.7 Å². The Bertz CT molecular complexity index is 903. The third-order valence-corrected chi connectivity index (χ3v) is 5.71. The number of nitrogens with zero attached hydrogens (tertiary/aromatic N) is 1. The summed E-state index contributed by atoms with van der Waals surface area (Å²) in [6.45, 7) is 8.46. The summed E-state index contributed by atoms with van der Waals surface area (Å²) in [6, 6.07) is 11.0. The Morgan fingerprint density at radius 2 is 1.75 bits per heavy atom. The lowest BCUT2D eigenvalue weighted by Crippen LogP contribution is -2.50. The fourth-order valence-electron chi connectivity index (χ4n) is 3.23. The first kappa shape index (κ1) is 25.8. The van der Waals surface area contributed by atoms with Gasteiger partial charge in [-0.1, -0.05) is 45.9 Å². The first-order chi connectivity index (χ1) is 15.2. The highest BCUT2D eigenvalue weighted by molar-refractivity contribution is 9.10. The van der Waals surface area contributed by atoms with Gasteiger partial charge in [0.25, 0.3) is 5.91 Å². The number of aryl methyl sites for hydroxylation is 1. The lowest BCUT2D eigenvalue weighted by molar-refractivity contribution is -0.143. The van der Waals surface area contributed by atoms with Crippen molar-refractivity contribution in [2.45, 2.75) is 53.1 Å². The Morgan fingerprint density at radius 3 is 2.31 bits per heavy atom. The van der Waals surface area contributed by atoms with Crippen LogP contribution in [0, 0.1) is 11.7 Å². The molecular weight excluding hydrogens is 475 g/mol. The zero-order valence-corrected chi connectivity index (χ0v) is 20.7. The normalized spacial score (nSPS) is 11.8. The maximum Gasteiger partial charge on any atom is 0.261 e. The molecule has 0 saturated heterocycles. The fourth-order valence-corrected chi connectivity index (χ4v) is 3.77. The number of carbonyl (C=O) groups is 2. The zero-order chi connectivity index (χ0) is 23.7. The van der Waals surface area contributed by atoms with Crippen molar-refractivity contribution < 1.29 is 18.7 Å². The van der Waals surface area contributed by atoms with Gasteiger partial charge in [0.05, 0.1) is 4.47 Å². The van der Waals surface area contributed by atoms with E-state index in [0.717, 1.165) is 22.0 Å². The molecule has 2 aromatic rings. The summed E-state index contributed by atoms with van der Waals surface area (Å²) in [4.78, 5) is 27.6. The number of halogens is 2. The molecule has 0 aliphatic rings. The summed E-state index contributed by atoms with van der Waals surface area (Å²) < 4.78 is 19.9. The molecule has 0 aliphatic heterocycles. The van der Waals surface area contributed by atoms with Crippen molar-refractivity contribution in [3.05, 3.63) is 63.9 Å². The van der Waals surface area contributed by atoms with E-state index >= 15 is 0 Å². The highest BCUT2D eigenvalue weighted by Crippen LogP contribution is 2.26. The van der Waals surface area contributed by atoms with E-state index in [0.29, 0.717) is 24.6 Å². The van der Waals surface area contributed by atoms with Gasteiger partial charge >= 0.3 is 0 Å². The average molecular weight is 507 g/mol. The van der Waals surface area contributed by atoms with Crippen LogP contribution in [0.3, 0.4) is 0 Å². The van der Waals surface area contributed by atoms with Crippen molar-refractivity contribution in [2.24, 2.45) is 5.92 Å². The van der Waals surface area contributed by atoms with Crippen LogP contribution in [0.5, 0.6) is 5.75 Å². The van der Waals surface area contributed by atoms with Crippen LogP contribution in [0.15, 0.2) is 46.9 Å². The van der Waals surface area contributed by atoms with Crippen LogP contribution in [0.1, 0.15) is 45.2 Å². The number of hydrogen-bond donors (Lipinski definition) is 1. The predicted octanol–water partition coefficient (Wildman–Crippen LogP) is 5.11. The maximum absolute atomic E-state index is 13.3. The molecule has 1 atom stereocenters. The Balaban J connectivity index is 2.20. The van der Waals surface area contributed by atoms with Crippen molar-refractivity contribution in [2.75, 3.05) is 13.2 Å². The van der Waals surface area contributed by atoms with Crippen LogP contribution >= 0.6 is 15.9 Å². The SMILES string of the molecule is CCc1ccc(OCC(=O)N(Cc2ccc(F)cc2)[C@@H](CC)C(=O)NCC(C)C)c(Br)c1. The third-order valence-electron chi connectivity index (χ3n) is 5.09.